The van der Waals surface area contributed by atoms with Crippen LogP contribution in [0.5, 0.6) is 5.75 Å². The number of hydrogen-bond donors (Lipinski definition) is 1. The van der Waals surface area contributed by atoms with E-state index in [0.29, 0.717) is 52.0 Å². The van der Waals surface area contributed by atoms with Crippen molar-refractivity contribution in [3.05, 3.63) is 64.2 Å². The van der Waals surface area contributed by atoms with E-state index in [-0.39, 0.29) is 11.6 Å². The van der Waals surface area contributed by atoms with Gasteiger partial charge in [0.05, 0.1) is 24.0 Å². The quantitative estimate of drug-likeness (QED) is 0.291. The summed E-state index contributed by atoms with van der Waals surface area (Å²) in [5, 5.41) is 0.895. The molecule has 1 aromatic carbocycles. The fourth-order valence-corrected chi connectivity index (χ4v) is 7.37. The molecule has 1 N–H and O–H groups in total. The number of fused-ring (bicyclic) bond motifs is 4. The summed E-state index contributed by atoms with van der Waals surface area (Å²) in [4.78, 5) is 40.5. The van der Waals surface area contributed by atoms with Crippen molar-refractivity contribution in [1.82, 2.24) is 29.0 Å². The molecule has 5 heterocycles. The Morgan fingerprint density at radius 3 is 2.67 bits per heavy atom. The molecule has 2 aliphatic carbocycles. The number of rotatable bonds is 6. The molecule has 5 aromatic rings. The zero-order chi connectivity index (χ0) is 29.6. The second kappa shape index (κ2) is 9.52. The van der Waals surface area contributed by atoms with Crippen LogP contribution < -0.4 is 10.2 Å². The van der Waals surface area contributed by atoms with E-state index in [9.17, 15) is 14.0 Å². The molecule has 1 saturated heterocycles. The molecule has 220 valence electrons. The van der Waals surface area contributed by atoms with Gasteiger partial charge in [-0.15, -0.1) is 0 Å². The molecule has 1 amide bonds. The van der Waals surface area contributed by atoms with Gasteiger partial charge < -0.3 is 23.8 Å². The molecule has 8 rings (SSSR count). The van der Waals surface area contributed by atoms with E-state index in [1.807, 2.05) is 34.7 Å². The van der Waals surface area contributed by atoms with Crippen molar-refractivity contribution in [2.24, 2.45) is 24.8 Å². The Morgan fingerprint density at radius 1 is 1.12 bits per heavy atom. The van der Waals surface area contributed by atoms with Crippen LogP contribution in [0.25, 0.3) is 45.0 Å². The first kappa shape index (κ1) is 26.2. The number of pyridine rings is 2. The standard InChI is InChI=1S/C33H33FN6O3/c1-17-20-7-9-24(17)40(16-20)33(42)21-12-23-30(27(14-21)43-3)38(2)32(37-23)25-13-19-6-8-22(29-28(34)26(41)10-11-35-29)36-31(19)39(25)15-18-4-5-18/h6,8,10-14,17-18,20,24H,4-5,7,9,15-16H2,1-3H3,(H,35,41)/t17-,20?,24?/m1/s1. The van der Waals surface area contributed by atoms with Gasteiger partial charge in [-0.05, 0) is 73.8 Å². The van der Waals surface area contributed by atoms with Crippen LogP contribution in [0.1, 0.15) is 43.0 Å². The zero-order valence-corrected chi connectivity index (χ0v) is 24.4. The third kappa shape index (κ3) is 4.02. The van der Waals surface area contributed by atoms with Gasteiger partial charge in [-0.1, -0.05) is 6.92 Å². The van der Waals surface area contributed by atoms with Crippen LogP contribution in [0.3, 0.4) is 0 Å². The fourth-order valence-electron chi connectivity index (χ4n) is 7.37. The Bertz CT molecular complexity index is 2000. The summed E-state index contributed by atoms with van der Waals surface area (Å²) < 4.78 is 24.7. The van der Waals surface area contributed by atoms with Crippen molar-refractivity contribution in [3.8, 4) is 28.7 Å². The molecule has 2 bridgehead atoms. The van der Waals surface area contributed by atoms with E-state index < -0.39 is 11.2 Å². The number of likely N-dealkylation sites (tertiary alicyclic amines) is 1. The molecular formula is C33H33FN6O3. The van der Waals surface area contributed by atoms with Crippen LogP contribution in [0.15, 0.2) is 47.4 Å². The van der Waals surface area contributed by atoms with Crippen LogP contribution in [0, 0.1) is 23.6 Å². The van der Waals surface area contributed by atoms with Crippen LogP contribution in [0.2, 0.25) is 0 Å². The average molecular weight is 581 g/mol. The smallest absolute Gasteiger partial charge is 0.254 e. The maximum Gasteiger partial charge on any atom is 0.254 e. The van der Waals surface area contributed by atoms with E-state index in [2.05, 4.69) is 22.5 Å². The van der Waals surface area contributed by atoms with Crippen LogP contribution >= 0.6 is 0 Å². The molecule has 9 nitrogen and oxygen atoms in total. The van der Waals surface area contributed by atoms with Gasteiger partial charge in [0.1, 0.15) is 22.6 Å². The minimum Gasteiger partial charge on any atom is -0.494 e. The Balaban J connectivity index is 1.25. The topological polar surface area (TPSA) is 98.0 Å². The second-order valence-electron chi connectivity index (χ2n) is 12.5. The summed E-state index contributed by atoms with van der Waals surface area (Å²) in [5.74, 6) is 2.18. The molecule has 0 spiro atoms. The van der Waals surface area contributed by atoms with E-state index in [1.165, 1.54) is 18.7 Å². The van der Waals surface area contributed by atoms with Gasteiger partial charge in [-0.2, -0.15) is 0 Å². The fraction of sp³-hybridized carbons (Fsp3) is 0.394. The minimum absolute atomic E-state index is 0.0391. The highest BCUT2D eigenvalue weighted by molar-refractivity contribution is 6.00. The van der Waals surface area contributed by atoms with Gasteiger partial charge in [0, 0.05) is 49.4 Å². The minimum atomic E-state index is -0.848. The number of piperidine rings is 1. The molecule has 3 atom stereocenters. The van der Waals surface area contributed by atoms with Crippen LogP contribution in [0.4, 0.5) is 4.39 Å². The van der Waals surface area contributed by atoms with Gasteiger partial charge >= 0.3 is 0 Å². The van der Waals surface area contributed by atoms with Gasteiger partial charge in [-0.25, -0.2) is 14.4 Å². The van der Waals surface area contributed by atoms with Crippen LogP contribution in [-0.2, 0) is 13.6 Å². The predicted octanol–water partition coefficient (Wildman–Crippen LogP) is 5.37. The first-order valence-electron chi connectivity index (χ1n) is 15.1. The third-order valence-electron chi connectivity index (χ3n) is 9.94. The SMILES string of the molecule is COc1cc(C(=O)N2CC3CCC2[C@@H]3C)cc2nc(-c3cc4ccc(-c5[nH]ccc(=O)c5F)nc4n3CC3CC3)n(C)c12. The summed E-state index contributed by atoms with van der Waals surface area (Å²) in [6, 6.07) is 10.9. The number of carbonyl (C=O) groups excluding carboxylic acids is 1. The summed E-state index contributed by atoms with van der Waals surface area (Å²) in [5.41, 5.74) is 3.44. The molecule has 1 aliphatic heterocycles. The number of H-pyrrole nitrogens is 1. The number of ether oxygens (including phenoxy) is 1. The normalized spacial score (nSPS) is 21.4. The number of nitrogens with one attached hydrogen (secondary N) is 1. The zero-order valence-electron chi connectivity index (χ0n) is 24.4. The van der Waals surface area contributed by atoms with Gasteiger partial charge in [0.15, 0.2) is 11.6 Å². The first-order chi connectivity index (χ1) is 20.8. The summed E-state index contributed by atoms with van der Waals surface area (Å²) in [6.07, 6.45) is 5.97. The Morgan fingerprint density at radius 2 is 1.95 bits per heavy atom. The Labute approximate surface area is 247 Å². The average Bonchev–Trinajstić information content (AvgIpc) is 3.42. The predicted molar refractivity (Wildman–Crippen MR) is 161 cm³/mol. The maximum atomic E-state index is 14.7. The van der Waals surface area contributed by atoms with Crippen molar-refractivity contribution in [1.29, 1.82) is 0 Å². The van der Waals surface area contributed by atoms with E-state index in [0.717, 1.165) is 54.8 Å². The number of carbonyl (C=O) groups is 1. The lowest BCUT2D eigenvalue weighted by atomic mass is 10.0. The molecule has 0 radical (unpaired) electrons. The number of hydrogen-bond acceptors (Lipinski definition) is 5. The molecule has 4 aromatic heterocycles. The monoisotopic (exact) mass is 580 g/mol. The lowest BCUT2D eigenvalue weighted by molar-refractivity contribution is 0.0696. The molecule has 2 saturated carbocycles. The number of aryl methyl sites for hydroxylation is 1. The number of methoxy groups -OCH3 is 1. The van der Waals surface area contributed by atoms with Crippen molar-refractivity contribution >= 4 is 28.0 Å². The van der Waals surface area contributed by atoms with E-state index in [4.69, 9.17) is 14.7 Å². The highest BCUT2D eigenvalue weighted by atomic mass is 19.1. The molecule has 2 unspecified atom stereocenters. The largest absolute Gasteiger partial charge is 0.494 e. The van der Waals surface area contributed by atoms with Gasteiger partial charge in [-0.3, -0.25) is 9.59 Å². The summed E-state index contributed by atoms with van der Waals surface area (Å²) in [7, 11) is 3.58. The molecular weight excluding hydrogens is 547 g/mol. The molecule has 3 aliphatic rings. The highest BCUT2D eigenvalue weighted by Gasteiger charge is 2.46. The Kier molecular flexibility index (Phi) is 5.80. The molecule has 43 heavy (non-hydrogen) atoms. The summed E-state index contributed by atoms with van der Waals surface area (Å²) >= 11 is 0. The van der Waals surface area contributed by atoms with Gasteiger partial charge in [0.25, 0.3) is 5.91 Å². The summed E-state index contributed by atoms with van der Waals surface area (Å²) in [6.45, 7) is 3.83. The number of nitrogens with zero attached hydrogens (tertiary/aromatic N) is 5. The third-order valence-corrected chi connectivity index (χ3v) is 9.94. The van der Waals surface area contributed by atoms with Crippen molar-refractivity contribution in [3.63, 3.8) is 0 Å². The first-order valence-corrected chi connectivity index (χ1v) is 15.1. The second-order valence-corrected chi connectivity index (χ2v) is 12.5. The van der Waals surface area contributed by atoms with E-state index >= 15 is 0 Å². The number of aromatic nitrogens is 5. The highest BCUT2D eigenvalue weighted by Crippen LogP contribution is 2.44. The van der Waals surface area contributed by atoms with Gasteiger partial charge in [0.2, 0.25) is 5.43 Å². The van der Waals surface area contributed by atoms with Crippen molar-refractivity contribution < 1.29 is 13.9 Å². The molecule has 10 heteroatoms. The number of imidazole rings is 1. The Hall–Kier alpha value is -4.47. The number of amides is 1. The number of aromatic amines is 1. The lowest BCUT2D eigenvalue weighted by Gasteiger charge is -2.27. The number of benzene rings is 1. The van der Waals surface area contributed by atoms with Crippen molar-refractivity contribution in [2.75, 3.05) is 13.7 Å². The molecule has 3 fully saturated rings. The van der Waals surface area contributed by atoms with Crippen molar-refractivity contribution in [2.45, 2.75) is 45.2 Å². The van der Waals surface area contributed by atoms with Crippen LogP contribution in [-0.4, -0.2) is 54.6 Å². The lowest BCUT2D eigenvalue weighted by Crippen LogP contribution is -2.38. The number of halogens is 1. The van der Waals surface area contributed by atoms with E-state index in [1.54, 1.807) is 13.2 Å². The maximum absolute atomic E-state index is 14.7.